The molecule has 0 bridgehead atoms. The first-order valence-corrected chi connectivity index (χ1v) is 23.6. The molecule has 0 saturated heterocycles. The van der Waals surface area contributed by atoms with Gasteiger partial charge in [0.15, 0.2) is 5.71 Å². The molecule has 64 heavy (non-hydrogen) atoms. The third-order valence-electron chi connectivity index (χ3n) is 10.5. The van der Waals surface area contributed by atoms with Crippen molar-refractivity contribution in [3.8, 4) is 11.8 Å². The van der Waals surface area contributed by atoms with Crippen LogP contribution in [0.3, 0.4) is 0 Å². The van der Waals surface area contributed by atoms with Crippen LogP contribution in [-0.2, 0) is 53.8 Å². The summed E-state index contributed by atoms with van der Waals surface area (Å²) in [6.45, 7) is 9.23. The number of aromatic nitrogens is 1. The van der Waals surface area contributed by atoms with E-state index in [4.69, 9.17) is 20.6 Å². The van der Waals surface area contributed by atoms with E-state index in [1.54, 1.807) is 12.1 Å². The number of aromatic hydroxyl groups is 2. The van der Waals surface area contributed by atoms with Crippen LogP contribution in [-0.4, -0.2) is 97.9 Å². The van der Waals surface area contributed by atoms with Crippen molar-refractivity contribution < 1.29 is 76.7 Å². The number of allylic oxidation sites excluding steroid dienone is 8. The van der Waals surface area contributed by atoms with Gasteiger partial charge in [0, 0.05) is 114 Å². The van der Waals surface area contributed by atoms with E-state index >= 15 is 0 Å². The number of rotatable bonds is 25. The van der Waals surface area contributed by atoms with Crippen molar-refractivity contribution in [2.24, 2.45) is 0 Å². The quantitative estimate of drug-likeness (QED) is 0.0137. The highest BCUT2D eigenvalue weighted by Crippen LogP contribution is 2.49. The molecule has 3 aromatic rings. The fourth-order valence-corrected chi connectivity index (χ4v) is 9.72. The van der Waals surface area contributed by atoms with Gasteiger partial charge in [-0.25, -0.2) is 33.3 Å². The summed E-state index contributed by atoms with van der Waals surface area (Å²) in [6, 6.07) is 13.1. The van der Waals surface area contributed by atoms with Gasteiger partial charge in [-0.3, -0.25) is 0 Å². The Morgan fingerprint density at radius 2 is 1.47 bits per heavy atom. The predicted molar refractivity (Wildman–Crippen MR) is 240 cm³/mol. The average molecular weight is 968 g/mol. The molecule has 5 rings (SSSR count). The van der Waals surface area contributed by atoms with E-state index in [9.17, 15) is 23.4 Å². The maximum absolute atomic E-state index is 13.8. The van der Waals surface area contributed by atoms with Gasteiger partial charge in [-0.1, -0.05) is 59.3 Å². The zero-order valence-electron chi connectivity index (χ0n) is 35.6. The van der Waals surface area contributed by atoms with Crippen LogP contribution in [0, 0.1) is 0 Å². The average Bonchev–Trinajstić information content (AvgIpc) is 3.78. The Morgan fingerprint density at radius 1 is 0.812 bits per heavy atom. The van der Waals surface area contributed by atoms with Crippen molar-refractivity contribution >= 4 is 69.2 Å². The number of nitrogens with zero attached hydrogens (tertiary/aromatic N) is 4. The molecule has 2 aliphatic rings. The van der Waals surface area contributed by atoms with Crippen molar-refractivity contribution in [3.63, 3.8) is 0 Å². The highest BCUT2D eigenvalue weighted by molar-refractivity contribution is 7.95. The van der Waals surface area contributed by atoms with Crippen molar-refractivity contribution in [3.05, 3.63) is 108 Å². The van der Waals surface area contributed by atoms with Crippen LogP contribution >= 0.6 is 36.1 Å². The summed E-state index contributed by atoms with van der Waals surface area (Å²) in [5.74, 6) is -0.791. The van der Waals surface area contributed by atoms with Crippen LogP contribution < -0.4 is 9.74 Å². The molecule has 19 nitrogen and oxygen atoms in total. The van der Waals surface area contributed by atoms with Crippen molar-refractivity contribution in [1.82, 2.24) is 9.04 Å². The third kappa shape index (κ3) is 12.2. The number of carbonyl (C=O) groups excluding carboxylic acids is 1. The first-order chi connectivity index (χ1) is 30.6. The van der Waals surface area contributed by atoms with E-state index in [0.29, 0.717) is 35.7 Å². The second kappa shape index (κ2) is 23.3. The summed E-state index contributed by atoms with van der Waals surface area (Å²) in [4.78, 5) is 20.3. The van der Waals surface area contributed by atoms with E-state index in [1.165, 1.54) is 13.1 Å². The topological polar surface area (TPSA) is 231 Å². The van der Waals surface area contributed by atoms with Gasteiger partial charge in [0.25, 0.3) is 0 Å². The van der Waals surface area contributed by atoms with Crippen LogP contribution in [0.5, 0.6) is 11.8 Å². The van der Waals surface area contributed by atoms with Crippen LogP contribution in [0.1, 0.15) is 58.1 Å². The molecule has 5 N–H and O–H groups in total. The Kier molecular flexibility index (Phi) is 18.5. The molecule has 0 fully saturated rings. The molecule has 1 aromatic heterocycles. The minimum absolute atomic E-state index is 0.0326. The largest absolute Gasteiger partial charge is 0.492 e. The van der Waals surface area contributed by atoms with Gasteiger partial charge in [-0.15, -0.1) is 17.7 Å². The van der Waals surface area contributed by atoms with E-state index < -0.39 is 38.6 Å². The van der Waals surface area contributed by atoms with Gasteiger partial charge in [0.1, 0.15) is 6.54 Å². The molecule has 0 saturated carbocycles. The summed E-state index contributed by atoms with van der Waals surface area (Å²) >= 11 is 2.84. The second-order valence-electron chi connectivity index (χ2n) is 15.2. The number of carbonyl (C=O) groups is 1. The smallest absolute Gasteiger partial charge is 0.334 e. The summed E-state index contributed by atoms with van der Waals surface area (Å²) in [6.07, 6.45) is 14.6. The SMILES string of the molecule is CN(CCC(=O)On1c(O)ccc1O)S(=O)(=O)c1ccc2c(c1)C(C)(C)C(=CC=CC=CC=CC1=[N+](CCCSOOO)c3ccc(SOOO)cc3C1(C)C)N2CCCSOOO. The molecule has 3 heterocycles. The van der Waals surface area contributed by atoms with Gasteiger partial charge in [-0.2, -0.15) is 4.58 Å². The Morgan fingerprint density at radius 3 is 2.16 bits per heavy atom. The van der Waals surface area contributed by atoms with Gasteiger partial charge in [0.05, 0.1) is 28.8 Å². The molecule has 0 aliphatic carbocycles. The molecule has 0 unspecified atom stereocenters. The Labute approximate surface area is 383 Å². The lowest BCUT2D eigenvalue weighted by Gasteiger charge is -2.27. The summed E-state index contributed by atoms with van der Waals surface area (Å²) in [5, 5.41) is 56.5. The molecule has 0 spiro atoms. The number of hydrogen-bond donors (Lipinski definition) is 5. The maximum atomic E-state index is 13.8. The lowest BCUT2D eigenvalue weighted by molar-refractivity contribution is -0.438. The van der Waals surface area contributed by atoms with Crippen molar-refractivity contribution in [2.45, 2.75) is 67.6 Å². The van der Waals surface area contributed by atoms with Crippen LogP contribution in [0.15, 0.2) is 107 Å². The van der Waals surface area contributed by atoms with E-state index in [-0.39, 0.29) is 17.9 Å². The lowest BCUT2D eigenvalue weighted by atomic mass is 9.81. The maximum Gasteiger partial charge on any atom is 0.334 e. The molecular weight excluding hydrogens is 917 g/mol. The molecule has 2 aromatic carbocycles. The molecule has 348 valence electrons. The fourth-order valence-electron chi connectivity index (χ4n) is 7.41. The Balaban J connectivity index is 1.34. The third-order valence-corrected chi connectivity index (χ3v) is 14.2. The van der Waals surface area contributed by atoms with Crippen LogP contribution in [0.2, 0.25) is 0 Å². The number of sulfonamides is 1. The number of fused-ring (bicyclic) bond motifs is 2. The Hall–Kier alpha value is -4.18. The van der Waals surface area contributed by atoms with Crippen molar-refractivity contribution in [2.75, 3.05) is 43.1 Å². The summed E-state index contributed by atoms with van der Waals surface area (Å²) in [5.41, 5.74) is 4.57. The normalized spacial score (nSPS) is 16.4. The minimum Gasteiger partial charge on any atom is -0.492 e. The van der Waals surface area contributed by atoms with Crippen LogP contribution in [0.25, 0.3) is 0 Å². The standard InChI is InChI=1S/C41H50N4O15S4/c1-40(2)31-27-29(63-60-57-51)15-17-33(31)43(22-11-25-61-58-55-49)35(40)13-9-7-6-8-10-14-36-41(3,4)32-28-30(16-18-34(32)44(36)23-12-26-62-59-56-50)64(52,53)42(5)24-21-39(48)54-45-37(46)19-20-38(45)47/h6-10,13-20,27-28H,11-12,21-26H2,1-5H3,(H4-,46,47,49,50,51)/p+1. The van der Waals surface area contributed by atoms with Gasteiger partial charge in [-0.05, 0) is 62.2 Å². The zero-order chi connectivity index (χ0) is 46.5. The first-order valence-electron chi connectivity index (χ1n) is 19.6. The van der Waals surface area contributed by atoms with Crippen LogP contribution in [0.4, 0.5) is 11.4 Å². The van der Waals surface area contributed by atoms with E-state index in [1.807, 2.05) is 68.5 Å². The Bertz CT molecular complexity index is 2340. The number of benzene rings is 2. The van der Waals surface area contributed by atoms with Gasteiger partial charge >= 0.3 is 5.97 Å². The van der Waals surface area contributed by atoms with E-state index in [2.05, 4.69) is 57.5 Å². The molecule has 0 radical (unpaired) electrons. The highest BCUT2D eigenvalue weighted by Gasteiger charge is 2.44. The number of anilines is 1. The van der Waals surface area contributed by atoms with Gasteiger partial charge < -0.3 is 20.0 Å². The molecular formula is C41H51N4O15S4+. The second-order valence-corrected chi connectivity index (χ2v) is 19.6. The summed E-state index contributed by atoms with van der Waals surface area (Å²) in [7, 11) is -2.72. The lowest BCUT2D eigenvalue weighted by Crippen LogP contribution is -2.31. The highest BCUT2D eigenvalue weighted by atomic mass is 32.2. The molecule has 23 heteroatoms. The first kappa shape index (κ1) is 50.8. The minimum atomic E-state index is -4.07. The molecule has 0 amide bonds. The predicted octanol–water partition coefficient (Wildman–Crippen LogP) is 7.64. The molecule has 2 aliphatic heterocycles. The number of hydrogen-bond acceptors (Lipinski definition) is 19. The van der Waals surface area contributed by atoms with Gasteiger partial charge in [0.2, 0.25) is 27.5 Å². The monoisotopic (exact) mass is 967 g/mol. The summed E-state index contributed by atoms with van der Waals surface area (Å²) < 4.78 is 45.2. The van der Waals surface area contributed by atoms with E-state index in [0.717, 1.165) is 97.8 Å². The fraction of sp³-hybridized carbons (Fsp3) is 0.366. The molecule has 0 atom stereocenters. The van der Waals surface area contributed by atoms with Crippen molar-refractivity contribution in [1.29, 1.82) is 0 Å². The zero-order valence-corrected chi connectivity index (χ0v) is 38.8.